The van der Waals surface area contributed by atoms with Gasteiger partial charge in [-0.3, -0.25) is 0 Å². The quantitative estimate of drug-likeness (QED) is 0.462. The highest BCUT2D eigenvalue weighted by atomic mass is 16.5. The van der Waals surface area contributed by atoms with Gasteiger partial charge in [0.2, 0.25) is 0 Å². The molecule has 18 heavy (non-hydrogen) atoms. The Kier molecular flexibility index (Phi) is 3.72. The lowest BCUT2D eigenvalue weighted by molar-refractivity contribution is -0.209. The number of hydrogen-bond donors (Lipinski definition) is 5. The van der Waals surface area contributed by atoms with Gasteiger partial charge in [-0.05, 0) is 31.2 Å². The van der Waals surface area contributed by atoms with E-state index in [2.05, 4.69) is 5.32 Å². The van der Waals surface area contributed by atoms with Gasteiger partial charge in [-0.15, -0.1) is 0 Å². The highest BCUT2D eigenvalue weighted by molar-refractivity contribution is 5.46. The maximum absolute atomic E-state index is 9.79. The van der Waals surface area contributed by atoms with Gasteiger partial charge in [-0.1, -0.05) is 0 Å². The summed E-state index contributed by atoms with van der Waals surface area (Å²) in [6.07, 6.45) is -5.01. The fourth-order valence-corrected chi connectivity index (χ4v) is 1.89. The van der Waals surface area contributed by atoms with Crippen LogP contribution in [0.4, 0.5) is 5.69 Å². The zero-order chi connectivity index (χ0) is 13.3. The third kappa shape index (κ3) is 2.56. The summed E-state index contributed by atoms with van der Waals surface area (Å²) in [5.41, 5.74) is 0.632. The molecule has 5 atom stereocenters. The third-order valence-electron chi connectivity index (χ3n) is 3.03. The maximum Gasteiger partial charge on any atom is 0.157 e. The third-order valence-corrected chi connectivity index (χ3v) is 3.03. The minimum atomic E-state index is -1.26. The van der Waals surface area contributed by atoms with E-state index in [1.54, 1.807) is 19.1 Å². The number of aromatic hydroxyl groups is 1. The molecule has 0 spiro atoms. The summed E-state index contributed by atoms with van der Waals surface area (Å²) in [5.74, 6) is 0.134. The highest BCUT2D eigenvalue weighted by Crippen LogP contribution is 2.23. The molecular formula is C12H17NO5. The van der Waals surface area contributed by atoms with Gasteiger partial charge in [0.1, 0.15) is 24.1 Å². The normalized spacial score (nSPS) is 36.3. The Morgan fingerprint density at radius 3 is 2.22 bits per heavy atom. The number of ether oxygens (including phenoxy) is 1. The summed E-state index contributed by atoms with van der Waals surface area (Å²) in [5, 5.41) is 41.0. The van der Waals surface area contributed by atoms with Crippen LogP contribution < -0.4 is 5.32 Å². The van der Waals surface area contributed by atoms with Crippen molar-refractivity contribution in [2.75, 3.05) is 5.32 Å². The van der Waals surface area contributed by atoms with Gasteiger partial charge in [0.15, 0.2) is 6.23 Å². The van der Waals surface area contributed by atoms with Crippen LogP contribution in [0.2, 0.25) is 0 Å². The second-order valence-corrected chi connectivity index (χ2v) is 4.42. The van der Waals surface area contributed by atoms with Crippen molar-refractivity contribution in [3.8, 4) is 5.75 Å². The maximum atomic E-state index is 9.79. The number of nitrogens with one attached hydrogen (secondary N) is 1. The summed E-state index contributed by atoms with van der Waals surface area (Å²) in [4.78, 5) is 0. The van der Waals surface area contributed by atoms with E-state index in [9.17, 15) is 15.3 Å². The molecule has 0 aromatic heterocycles. The lowest BCUT2D eigenvalue weighted by Crippen LogP contribution is -2.58. The molecule has 1 aromatic rings. The largest absolute Gasteiger partial charge is 0.508 e. The first kappa shape index (κ1) is 13.1. The summed E-state index contributed by atoms with van der Waals surface area (Å²) in [6, 6.07) is 6.22. The number of hydrogen-bond acceptors (Lipinski definition) is 6. The molecule has 6 heteroatoms. The molecule has 1 fully saturated rings. The van der Waals surface area contributed by atoms with Crippen LogP contribution in [0.15, 0.2) is 24.3 Å². The van der Waals surface area contributed by atoms with Crippen LogP contribution in [0.5, 0.6) is 5.75 Å². The SMILES string of the molecule is C[C@@H]1O[C@@H](Nc2ccc(O)cc2)[C@@H](O)[C@@H](O)[C@@H]1O. The molecule has 1 heterocycles. The molecule has 1 saturated heterocycles. The average Bonchev–Trinajstić information content (AvgIpc) is 2.36. The summed E-state index contributed by atoms with van der Waals surface area (Å²) >= 11 is 0. The van der Waals surface area contributed by atoms with Crippen molar-refractivity contribution in [2.45, 2.75) is 37.6 Å². The van der Waals surface area contributed by atoms with E-state index in [4.69, 9.17) is 9.84 Å². The van der Waals surface area contributed by atoms with Crippen molar-refractivity contribution in [1.29, 1.82) is 0 Å². The number of aliphatic hydroxyl groups excluding tert-OH is 3. The minimum absolute atomic E-state index is 0.134. The number of anilines is 1. The van der Waals surface area contributed by atoms with E-state index < -0.39 is 30.6 Å². The zero-order valence-corrected chi connectivity index (χ0v) is 9.89. The van der Waals surface area contributed by atoms with E-state index in [0.717, 1.165) is 0 Å². The Morgan fingerprint density at radius 2 is 1.61 bits per heavy atom. The second kappa shape index (κ2) is 5.11. The number of phenolic OH excluding ortho intramolecular Hbond substituents is 1. The van der Waals surface area contributed by atoms with Crippen LogP contribution in [0.3, 0.4) is 0 Å². The van der Waals surface area contributed by atoms with Gasteiger partial charge >= 0.3 is 0 Å². The van der Waals surface area contributed by atoms with Crippen molar-refractivity contribution in [2.24, 2.45) is 0 Å². The lowest BCUT2D eigenvalue weighted by atomic mass is 9.99. The number of phenols is 1. The van der Waals surface area contributed by atoms with Crippen LogP contribution in [-0.2, 0) is 4.74 Å². The lowest BCUT2D eigenvalue weighted by Gasteiger charge is -2.39. The molecule has 1 aliphatic heterocycles. The van der Waals surface area contributed by atoms with Crippen molar-refractivity contribution in [1.82, 2.24) is 0 Å². The van der Waals surface area contributed by atoms with Crippen molar-refractivity contribution >= 4 is 5.69 Å². The first-order chi connectivity index (χ1) is 8.49. The van der Waals surface area contributed by atoms with Crippen LogP contribution in [0.25, 0.3) is 0 Å². The second-order valence-electron chi connectivity index (χ2n) is 4.42. The zero-order valence-electron chi connectivity index (χ0n) is 9.89. The van der Waals surface area contributed by atoms with Crippen LogP contribution >= 0.6 is 0 Å². The molecule has 1 aromatic carbocycles. The summed E-state index contributed by atoms with van der Waals surface area (Å²) < 4.78 is 5.38. The van der Waals surface area contributed by atoms with Gasteiger partial charge in [0.05, 0.1) is 6.10 Å². The van der Waals surface area contributed by atoms with Gasteiger partial charge in [0.25, 0.3) is 0 Å². The van der Waals surface area contributed by atoms with Gasteiger partial charge in [-0.2, -0.15) is 0 Å². The Bertz CT molecular complexity index is 396. The predicted molar refractivity (Wildman–Crippen MR) is 64.1 cm³/mol. The van der Waals surface area contributed by atoms with E-state index in [0.29, 0.717) is 5.69 Å². The Balaban J connectivity index is 2.06. The Hall–Kier alpha value is -1.34. The fourth-order valence-electron chi connectivity index (χ4n) is 1.89. The molecule has 1 aliphatic rings. The molecule has 100 valence electrons. The first-order valence-electron chi connectivity index (χ1n) is 5.74. The summed E-state index contributed by atoms with van der Waals surface area (Å²) in [6.45, 7) is 1.62. The van der Waals surface area contributed by atoms with E-state index in [-0.39, 0.29) is 5.75 Å². The molecule has 0 bridgehead atoms. The molecule has 0 aliphatic carbocycles. The van der Waals surface area contributed by atoms with Crippen molar-refractivity contribution in [3.05, 3.63) is 24.3 Å². The molecule has 6 nitrogen and oxygen atoms in total. The van der Waals surface area contributed by atoms with Gasteiger partial charge in [0, 0.05) is 5.69 Å². The topological polar surface area (TPSA) is 102 Å². The van der Waals surface area contributed by atoms with Crippen LogP contribution in [0, 0.1) is 0 Å². The van der Waals surface area contributed by atoms with Crippen molar-refractivity contribution in [3.63, 3.8) is 0 Å². The fraction of sp³-hybridized carbons (Fsp3) is 0.500. The number of rotatable bonds is 2. The standard InChI is InChI=1S/C12H17NO5/c1-6-9(15)10(16)11(17)12(18-6)13-7-2-4-8(14)5-3-7/h2-6,9-17H,1H3/t6-,9+,10-,11-,12+/m0/s1. The van der Waals surface area contributed by atoms with E-state index in [1.807, 2.05) is 0 Å². The van der Waals surface area contributed by atoms with E-state index >= 15 is 0 Å². The molecule has 0 radical (unpaired) electrons. The average molecular weight is 255 g/mol. The van der Waals surface area contributed by atoms with Crippen molar-refractivity contribution < 1.29 is 25.2 Å². The number of aliphatic hydroxyl groups is 3. The molecule has 0 amide bonds. The Morgan fingerprint density at radius 1 is 1.00 bits per heavy atom. The molecule has 0 saturated carbocycles. The van der Waals surface area contributed by atoms with Gasteiger partial charge < -0.3 is 30.5 Å². The minimum Gasteiger partial charge on any atom is -0.508 e. The summed E-state index contributed by atoms with van der Waals surface area (Å²) in [7, 11) is 0. The monoisotopic (exact) mass is 255 g/mol. The van der Waals surface area contributed by atoms with Crippen LogP contribution in [-0.4, -0.2) is 51.1 Å². The predicted octanol–water partition coefficient (Wildman–Crippen LogP) is -0.368. The van der Waals surface area contributed by atoms with Crippen LogP contribution in [0.1, 0.15) is 6.92 Å². The Labute approximate surface area is 104 Å². The smallest absolute Gasteiger partial charge is 0.157 e. The molecular weight excluding hydrogens is 238 g/mol. The van der Waals surface area contributed by atoms with E-state index in [1.165, 1.54) is 12.1 Å². The highest BCUT2D eigenvalue weighted by Gasteiger charge is 2.41. The molecule has 5 N–H and O–H groups in total. The number of benzene rings is 1. The molecule has 2 rings (SSSR count). The molecule has 0 unspecified atom stereocenters. The van der Waals surface area contributed by atoms with Gasteiger partial charge in [-0.25, -0.2) is 0 Å². The first-order valence-corrected chi connectivity index (χ1v) is 5.74.